The standard InChI is InChI=1S/C28H23N7O2S2/c1-16-5-9-18(10-6-16)24-20(14-30)26(31)35(21-3-2-4-22(36)25(21)24)27-33-34-28(39-27)38-15-23(37)32-19-11-7-17(13-29)8-12-19/h5-12,24H,2-4,15,31H2,1H3,(H,32,37). The first-order valence-electron chi connectivity index (χ1n) is 12.2. The summed E-state index contributed by atoms with van der Waals surface area (Å²) in [5, 5.41) is 30.8. The Kier molecular flexibility index (Phi) is 7.46. The van der Waals surface area contributed by atoms with Gasteiger partial charge in [0.05, 0.1) is 34.9 Å². The SMILES string of the molecule is Cc1ccc(C2C(C#N)=C(N)N(c3nnc(SCC(=O)Nc4ccc(C#N)cc4)s3)C3=C2C(=O)CCC3)cc1. The molecule has 39 heavy (non-hydrogen) atoms. The maximum Gasteiger partial charge on any atom is 0.234 e. The van der Waals surface area contributed by atoms with E-state index in [0.29, 0.717) is 51.1 Å². The molecule has 0 fully saturated rings. The van der Waals surface area contributed by atoms with E-state index in [4.69, 9.17) is 11.0 Å². The quantitative estimate of drug-likeness (QED) is 0.412. The van der Waals surface area contributed by atoms with Crippen molar-refractivity contribution in [2.24, 2.45) is 5.73 Å². The number of thioether (sulfide) groups is 1. The molecule has 194 valence electrons. The molecule has 0 saturated carbocycles. The van der Waals surface area contributed by atoms with Crippen LogP contribution in [0.25, 0.3) is 0 Å². The molecule has 2 aliphatic rings. The van der Waals surface area contributed by atoms with Gasteiger partial charge in [0.15, 0.2) is 10.1 Å². The number of benzene rings is 2. The number of nitrogens with zero attached hydrogens (tertiary/aromatic N) is 5. The predicted octanol–water partition coefficient (Wildman–Crippen LogP) is 4.75. The number of nitrogens with one attached hydrogen (secondary N) is 1. The number of ketones is 1. The van der Waals surface area contributed by atoms with Gasteiger partial charge in [-0.05, 0) is 49.6 Å². The van der Waals surface area contributed by atoms with Crippen LogP contribution >= 0.6 is 23.1 Å². The number of aromatic nitrogens is 2. The second-order valence-electron chi connectivity index (χ2n) is 9.10. The van der Waals surface area contributed by atoms with E-state index in [9.17, 15) is 14.9 Å². The van der Waals surface area contributed by atoms with Gasteiger partial charge in [-0.15, -0.1) is 10.2 Å². The van der Waals surface area contributed by atoms with E-state index in [1.807, 2.05) is 37.3 Å². The van der Waals surface area contributed by atoms with Gasteiger partial charge in [0.25, 0.3) is 0 Å². The van der Waals surface area contributed by atoms with Crippen molar-refractivity contribution < 1.29 is 9.59 Å². The zero-order chi connectivity index (χ0) is 27.5. The zero-order valence-electron chi connectivity index (χ0n) is 21.0. The van der Waals surface area contributed by atoms with E-state index in [-0.39, 0.29) is 23.3 Å². The van der Waals surface area contributed by atoms with Crippen molar-refractivity contribution in [1.82, 2.24) is 10.2 Å². The molecule has 5 rings (SSSR count). The van der Waals surface area contributed by atoms with Crippen LogP contribution in [-0.4, -0.2) is 27.6 Å². The lowest BCUT2D eigenvalue weighted by molar-refractivity contribution is -0.116. The van der Waals surface area contributed by atoms with Crippen LogP contribution < -0.4 is 16.0 Å². The molecule has 1 aliphatic heterocycles. The van der Waals surface area contributed by atoms with Crippen LogP contribution in [0.1, 0.15) is 41.9 Å². The van der Waals surface area contributed by atoms with Gasteiger partial charge in [-0.3, -0.25) is 14.5 Å². The van der Waals surface area contributed by atoms with Crippen molar-refractivity contribution in [2.75, 3.05) is 16.0 Å². The van der Waals surface area contributed by atoms with Crippen molar-refractivity contribution in [2.45, 2.75) is 36.4 Å². The van der Waals surface area contributed by atoms with Crippen molar-refractivity contribution >= 4 is 45.6 Å². The van der Waals surface area contributed by atoms with E-state index in [1.165, 1.54) is 23.1 Å². The highest BCUT2D eigenvalue weighted by atomic mass is 32.2. The van der Waals surface area contributed by atoms with E-state index in [0.717, 1.165) is 16.8 Å². The molecule has 0 spiro atoms. The van der Waals surface area contributed by atoms with Crippen LogP contribution in [0.15, 0.2) is 75.5 Å². The van der Waals surface area contributed by atoms with Crippen molar-refractivity contribution in [1.29, 1.82) is 10.5 Å². The van der Waals surface area contributed by atoms with E-state index in [2.05, 4.69) is 21.6 Å². The van der Waals surface area contributed by atoms with Gasteiger partial charge in [-0.1, -0.05) is 52.9 Å². The molecular formula is C28H23N7O2S2. The van der Waals surface area contributed by atoms with Gasteiger partial charge in [0, 0.05) is 23.4 Å². The molecule has 0 radical (unpaired) electrons. The Balaban J connectivity index is 1.39. The molecule has 9 nitrogen and oxygen atoms in total. The summed E-state index contributed by atoms with van der Waals surface area (Å²) < 4.78 is 0.552. The number of anilines is 2. The summed E-state index contributed by atoms with van der Waals surface area (Å²) >= 11 is 2.47. The molecular weight excluding hydrogens is 530 g/mol. The lowest BCUT2D eigenvalue weighted by atomic mass is 9.75. The Morgan fingerprint density at radius 2 is 1.87 bits per heavy atom. The number of carbonyl (C=O) groups is 2. The molecule has 11 heteroatoms. The maximum atomic E-state index is 13.2. The van der Waals surface area contributed by atoms with Crippen molar-refractivity contribution in [3.05, 3.63) is 87.9 Å². The molecule has 1 amide bonds. The van der Waals surface area contributed by atoms with Crippen LogP contribution in [0.2, 0.25) is 0 Å². The topological polar surface area (TPSA) is 149 Å². The molecule has 3 N–H and O–H groups in total. The average Bonchev–Trinajstić information content (AvgIpc) is 3.41. The van der Waals surface area contributed by atoms with Gasteiger partial charge < -0.3 is 11.1 Å². The van der Waals surface area contributed by atoms with Gasteiger partial charge in [-0.25, -0.2) is 0 Å². The molecule has 0 bridgehead atoms. The third kappa shape index (κ3) is 5.28. The van der Waals surface area contributed by atoms with Gasteiger partial charge in [-0.2, -0.15) is 10.5 Å². The van der Waals surface area contributed by atoms with Crippen LogP contribution in [0.4, 0.5) is 10.8 Å². The summed E-state index contributed by atoms with van der Waals surface area (Å²) in [6, 6.07) is 18.7. The smallest absolute Gasteiger partial charge is 0.234 e. The monoisotopic (exact) mass is 553 g/mol. The number of rotatable bonds is 6. The number of hydrogen-bond acceptors (Lipinski definition) is 10. The lowest BCUT2D eigenvalue weighted by Gasteiger charge is -2.38. The third-order valence-electron chi connectivity index (χ3n) is 6.54. The predicted molar refractivity (Wildman–Crippen MR) is 150 cm³/mol. The minimum absolute atomic E-state index is 0.00524. The Morgan fingerprint density at radius 3 is 2.56 bits per heavy atom. The summed E-state index contributed by atoms with van der Waals surface area (Å²) in [6.45, 7) is 1.99. The Morgan fingerprint density at radius 1 is 1.13 bits per heavy atom. The van der Waals surface area contributed by atoms with Crippen LogP contribution in [0.5, 0.6) is 0 Å². The van der Waals surface area contributed by atoms with E-state index in [1.54, 1.807) is 29.2 Å². The van der Waals surface area contributed by atoms with Crippen LogP contribution in [0.3, 0.4) is 0 Å². The molecule has 1 unspecified atom stereocenters. The zero-order valence-corrected chi connectivity index (χ0v) is 22.6. The highest BCUT2D eigenvalue weighted by Gasteiger charge is 2.41. The largest absolute Gasteiger partial charge is 0.384 e. The van der Waals surface area contributed by atoms with Gasteiger partial charge >= 0.3 is 0 Å². The molecule has 3 aromatic rings. The summed E-state index contributed by atoms with van der Waals surface area (Å²) in [6.07, 6.45) is 1.72. The molecule has 1 atom stereocenters. The summed E-state index contributed by atoms with van der Waals surface area (Å²) in [5.41, 5.74) is 11.3. The molecule has 1 aliphatic carbocycles. The highest BCUT2D eigenvalue weighted by Crippen LogP contribution is 2.47. The maximum absolute atomic E-state index is 13.2. The van der Waals surface area contributed by atoms with Crippen LogP contribution in [-0.2, 0) is 9.59 Å². The number of nitrogens with two attached hydrogens (primary N) is 1. The van der Waals surface area contributed by atoms with E-state index < -0.39 is 5.92 Å². The average molecular weight is 554 g/mol. The minimum Gasteiger partial charge on any atom is -0.384 e. The van der Waals surface area contributed by atoms with Crippen LogP contribution in [0, 0.1) is 29.6 Å². The molecule has 2 heterocycles. The molecule has 0 saturated heterocycles. The molecule has 1 aromatic heterocycles. The number of carbonyl (C=O) groups excluding carboxylic acids is 2. The number of Topliss-reactive ketones (excluding diaryl/α,β-unsaturated/α-hetero) is 1. The van der Waals surface area contributed by atoms with Crippen molar-refractivity contribution in [3.8, 4) is 12.1 Å². The van der Waals surface area contributed by atoms with Gasteiger partial charge in [0.2, 0.25) is 11.0 Å². The second kappa shape index (κ2) is 11.1. The second-order valence-corrected chi connectivity index (χ2v) is 11.3. The van der Waals surface area contributed by atoms with E-state index >= 15 is 0 Å². The third-order valence-corrected chi connectivity index (χ3v) is 8.58. The first kappa shape index (κ1) is 26.2. The Bertz CT molecular complexity index is 1590. The summed E-state index contributed by atoms with van der Waals surface area (Å²) in [4.78, 5) is 27.4. The highest BCUT2D eigenvalue weighted by molar-refractivity contribution is 8.01. The number of nitriles is 2. The number of allylic oxidation sites excluding steroid dienone is 3. The van der Waals surface area contributed by atoms with Gasteiger partial charge in [0.1, 0.15) is 5.82 Å². The fourth-order valence-corrected chi connectivity index (χ4v) is 6.38. The minimum atomic E-state index is -0.526. The fraction of sp³-hybridized carbons (Fsp3) is 0.214. The summed E-state index contributed by atoms with van der Waals surface area (Å²) in [5.74, 6) is -0.407. The van der Waals surface area contributed by atoms with Crippen molar-refractivity contribution in [3.63, 3.8) is 0 Å². The number of amides is 1. The first-order chi connectivity index (χ1) is 18.9. The Labute approximate surface area is 233 Å². The summed E-state index contributed by atoms with van der Waals surface area (Å²) in [7, 11) is 0. The first-order valence-corrected chi connectivity index (χ1v) is 14.0. The lowest BCUT2D eigenvalue weighted by Crippen LogP contribution is -2.38. The molecule has 2 aromatic carbocycles. The Hall–Kier alpha value is -4.45. The number of hydrogen-bond donors (Lipinski definition) is 2. The number of aryl methyl sites for hydroxylation is 1. The fourth-order valence-electron chi connectivity index (χ4n) is 4.70. The normalized spacial score (nSPS) is 16.9.